The minimum Gasteiger partial charge on any atom is -0.326 e. The monoisotopic (exact) mass is 375 g/mol. The molecular weight excluding hydrogens is 361 g/mol. The van der Waals surface area contributed by atoms with E-state index in [1.54, 1.807) is 18.2 Å². The van der Waals surface area contributed by atoms with E-state index in [1.807, 2.05) is 36.4 Å². The molecule has 5 nitrogen and oxygen atoms in total. The van der Waals surface area contributed by atoms with E-state index < -0.39 is 11.8 Å². The van der Waals surface area contributed by atoms with E-state index in [4.69, 9.17) is 23.2 Å². The van der Waals surface area contributed by atoms with E-state index in [0.29, 0.717) is 15.7 Å². The molecule has 128 valence electrons. The van der Waals surface area contributed by atoms with Crippen molar-refractivity contribution in [2.75, 3.05) is 5.32 Å². The minimum atomic E-state index is -0.526. The predicted octanol–water partition coefficient (Wildman–Crippen LogP) is 4.14. The first kappa shape index (κ1) is 18.7. The third kappa shape index (κ3) is 6.79. The van der Waals surface area contributed by atoms with Gasteiger partial charge in [0, 0.05) is 11.9 Å². The van der Waals surface area contributed by atoms with E-state index >= 15 is 0 Å². The van der Waals surface area contributed by atoms with Crippen molar-refractivity contribution in [1.29, 1.82) is 0 Å². The number of nitrogens with zero attached hydrogens (tertiary/aromatic N) is 1. The minimum absolute atomic E-state index is 0.318. The molecule has 0 saturated heterocycles. The van der Waals surface area contributed by atoms with Crippen molar-refractivity contribution in [1.82, 2.24) is 5.43 Å². The molecule has 2 aromatic rings. The topological polar surface area (TPSA) is 70.6 Å². The third-order valence-corrected chi connectivity index (χ3v) is 3.70. The molecule has 25 heavy (non-hydrogen) atoms. The van der Waals surface area contributed by atoms with Crippen LogP contribution in [0.25, 0.3) is 6.08 Å². The van der Waals surface area contributed by atoms with Gasteiger partial charge in [-0.05, 0) is 29.8 Å². The van der Waals surface area contributed by atoms with Crippen LogP contribution < -0.4 is 10.7 Å². The maximum atomic E-state index is 11.8. The fourth-order valence-electron chi connectivity index (χ4n) is 1.84. The number of hydrogen-bond acceptors (Lipinski definition) is 3. The van der Waals surface area contributed by atoms with Gasteiger partial charge in [0.25, 0.3) is 0 Å². The molecule has 0 bridgehead atoms. The average Bonchev–Trinajstić information content (AvgIpc) is 2.58. The second-order valence-corrected chi connectivity index (χ2v) is 5.75. The van der Waals surface area contributed by atoms with E-state index in [1.165, 1.54) is 12.3 Å². The number of carbonyl (C=O) groups excluding carboxylic acids is 2. The summed E-state index contributed by atoms with van der Waals surface area (Å²) in [6.45, 7) is 0. The van der Waals surface area contributed by atoms with Crippen LogP contribution in [0.5, 0.6) is 0 Å². The smallest absolute Gasteiger partial charge is 0.249 e. The van der Waals surface area contributed by atoms with E-state index in [0.717, 1.165) is 5.56 Å². The Morgan fingerprint density at radius 1 is 1.00 bits per heavy atom. The van der Waals surface area contributed by atoms with Crippen LogP contribution in [0.15, 0.2) is 59.7 Å². The number of amides is 2. The summed E-state index contributed by atoms with van der Waals surface area (Å²) in [4.78, 5) is 23.4. The van der Waals surface area contributed by atoms with E-state index in [-0.39, 0.29) is 6.42 Å². The molecule has 0 saturated carbocycles. The third-order valence-electron chi connectivity index (χ3n) is 2.96. The average molecular weight is 376 g/mol. The Morgan fingerprint density at radius 2 is 1.76 bits per heavy atom. The molecule has 0 spiro atoms. The molecule has 0 fully saturated rings. The lowest BCUT2D eigenvalue weighted by Crippen LogP contribution is -2.24. The molecule has 0 aliphatic carbocycles. The summed E-state index contributed by atoms with van der Waals surface area (Å²) in [5.41, 5.74) is 3.75. The van der Waals surface area contributed by atoms with Crippen LogP contribution in [0.3, 0.4) is 0 Å². The number of anilines is 1. The molecule has 2 amide bonds. The normalized spacial score (nSPS) is 11.0. The zero-order chi connectivity index (χ0) is 18.1. The second kappa shape index (κ2) is 9.61. The van der Waals surface area contributed by atoms with Gasteiger partial charge in [-0.3, -0.25) is 9.59 Å². The van der Waals surface area contributed by atoms with Crippen molar-refractivity contribution in [3.8, 4) is 0 Å². The first-order valence-corrected chi connectivity index (χ1v) is 8.09. The number of allylic oxidation sites excluding steroid dienone is 1. The Bertz CT molecular complexity index is 805. The van der Waals surface area contributed by atoms with Crippen molar-refractivity contribution in [3.05, 3.63) is 70.2 Å². The SMILES string of the molecule is O=C(CC(=O)Nc1ccc(Cl)c(Cl)c1)NN=CC=Cc1ccccc1. The van der Waals surface area contributed by atoms with Crippen molar-refractivity contribution < 1.29 is 9.59 Å². The molecule has 2 N–H and O–H groups in total. The lowest BCUT2D eigenvalue weighted by atomic mass is 10.2. The molecule has 0 atom stereocenters. The highest BCUT2D eigenvalue weighted by molar-refractivity contribution is 6.42. The maximum Gasteiger partial charge on any atom is 0.249 e. The fraction of sp³-hybridized carbons (Fsp3) is 0.0556. The van der Waals surface area contributed by atoms with Crippen molar-refractivity contribution in [2.24, 2.45) is 5.10 Å². The number of carbonyl (C=O) groups is 2. The van der Waals surface area contributed by atoms with Crippen LogP contribution in [0.2, 0.25) is 10.0 Å². The van der Waals surface area contributed by atoms with Gasteiger partial charge in [0.15, 0.2) is 0 Å². The highest BCUT2D eigenvalue weighted by Gasteiger charge is 2.09. The number of halogens is 2. The summed E-state index contributed by atoms with van der Waals surface area (Å²) in [5.74, 6) is -1.01. The zero-order valence-electron chi connectivity index (χ0n) is 13.1. The maximum absolute atomic E-state index is 11.8. The van der Waals surface area contributed by atoms with Gasteiger partial charge in [-0.15, -0.1) is 0 Å². The van der Waals surface area contributed by atoms with Crippen molar-refractivity contribution >= 4 is 53.0 Å². The molecule has 0 unspecified atom stereocenters. The summed E-state index contributed by atoms with van der Waals surface area (Å²) in [6.07, 6.45) is 4.60. The predicted molar refractivity (Wildman–Crippen MR) is 102 cm³/mol. The van der Waals surface area contributed by atoms with Gasteiger partial charge in [-0.1, -0.05) is 59.6 Å². The van der Waals surface area contributed by atoms with Crippen LogP contribution in [0.4, 0.5) is 5.69 Å². The first-order valence-electron chi connectivity index (χ1n) is 7.33. The van der Waals surface area contributed by atoms with Crippen LogP contribution in [0, 0.1) is 0 Å². The summed E-state index contributed by atoms with van der Waals surface area (Å²) in [7, 11) is 0. The van der Waals surface area contributed by atoms with Gasteiger partial charge in [0.1, 0.15) is 6.42 Å². The van der Waals surface area contributed by atoms with Gasteiger partial charge in [0.05, 0.1) is 10.0 Å². The van der Waals surface area contributed by atoms with Crippen LogP contribution >= 0.6 is 23.2 Å². The number of hydrazone groups is 1. The van der Waals surface area contributed by atoms with Gasteiger partial charge >= 0.3 is 0 Å². The number of rotatable bonds is 6. The van der Waals surface area contributed by atoms with Gasteiger partial charge in [-0.2, -0.15) is 5.10 Å². The summed E-state index contributed by atoms with van der Waals surface area (Å²) in [6, 6.07) is 14.3. The van der Waals surface area contributed by atoms with E-state index in [9.17, 15) is 9.59 Å². The Labute approximate surface area is 155 Å². The number of hydrogen-bond donors (Lipinski definition) is 2. The molecule has 0 heterocycles. The van der Waals surface area contributed by atoms with Crippen molar-refractivity contribution in [3.63, 3.8) is 0 Å². The van der Waals surface area contributed by atoms with Crippen LogP contribution in [0.1, 0.15) is 12.0 Å². The Hall–Kier alpha value is -2.63. The summed E-state index contributed by atoms with van der Waals surface area (Å²) < 4.78 is 0. The van der Waals surface area contributed by atoms with Gasteiger partial charge in [0.2, 0.25) is 11.8 Å². The Morgan fingerprint density at radius 3 is 2.48 bits per heavy atom. The zero-order valence-corrected chi connectivity index (χ0v) is 14.6. The second-order valence-electron chi connectivity index (χ2n) is 4.94. The Balaban J connectivity index is 1.75. The van der Waals surface area contributed by atoms with Gasteiger partial charge < -0.3 is 5.32 Å². The molecule has 0 aliphatic heterocycles. The molecule has 7 heteroatoms. The largest absolute Gasteiger partial charge is 0.326 e. The molecule has 0 aromatic heterocycles. The molecular formula is C18H15Cl2N3O2. The fourth-order valence-corrected chi connectivity index (χ4v) is 2.13. The van der Waals surface area contributed by atoms with E-state index in [2.05, 4.69) is 15.8 Å². The number of benzene rings is 2. The quantitative estimate of drug-likeness (QED) is 0.452. The highest BCUT2D eigenvalue weighted by Crippen LogP contribution is 2.24. The molecule has 2 rings (SSSR count). The lowest BCUT2D eigenvalue weighted by Gasteiger charge is -2.05. The molecule has 0 aliphatic rings. The Kier molecular flexibility index (Phi) is 7.19. The molecule has 0 radical (unpaired) electrons. The van der Waals surface area contributed by atoms with Crippen LogP contribution in [-0.2, 0) is 9.59 Å². The molecule has 2 aromatic carbocycles. The van der Waals surface area contributed by atoms with Crippen LogP contribution in [-0.4, -0.2) is 18.0 Å². The summed E-state index contributed by atoms with van der Waals surface area (Å²) in [5, 5.41) is 7.00. The first-order chi connectivity index (χ1) is 12.0. The standard InChI is InChI=1S/C18H15Cl2N3O2/c19-15-9-8-14(11-16(15)20)22-17(24)12-18(25)23-21-10-4-7-13-5-2-1-3-6-13/h1-11H,12H2,(H,22,24)(H,23,25). The number of nitrogens with one attached hydrogen (secondary N) is 2. The van der Waals surface area contributed by atoms with Crippen molar-refractivity contribution in [2.45, 2.75) is 6.42 Å². The van der Waals surface area contributed by atoms with Gasteiger partial charge in [-0.25, -0.2) is 5.43 Å². The highest BCUT2D eigenvalue weighted by atomic mass is 35.5. The summed E-state index contributed by atoms with van der Waals surface area (Å²) >= 11 is 11.7. The lowest BCUT2D eigenvalue weighted by molar-refractivity contribution is -0.126.